The Hall–Kier alpha value is -2.21. The van der Waals surface area contributed by atoms with Crippen LogP contribution in [0.25, 0.3) is 0 Å². The second-order valence-corrected chi connectivity index (χ2v) is 5.89. The molecule has 6 heteroatoms. The van der Waals surface area contributed by atoms with Crippen LogP contribution in [0, 0.1) is 13.8 Å². The largest absolute Gasteiger partial charge is 0.480 e. The van der Waals surface area contributed by atoms with Crippen LogP contribution in [-0.4, -0.2) is 33.4 Å². The highest BCUT2D eigenvalue weighted by molar-refractivity contribution is 7.13. The lowest BCUT2D eigenvalue weighted by Gasteiger charge is -2.20. The third-order valence-electron chi connectivity index (χ3n) is 2.93. The summed E-state index contributed by atoms with van der Waals surface area (Å²) in [6.45, 7) is 3.53. The smallest absolute Gasteiger partial charge is 0.323 e. The van der Waals surface area contributed by atoms with Crippen molar-refractivity contribution in [1.82, 2.24) is 9.88 Å². The zero-order valence-electron chi connectivity index (χ0n) is 11.9. The minimum Gasteiger partial charge on any atom is -0.480 e. The zero-order valence-corrected chi connectivity index (χ0v) is 12.7. The molecular weight excluding hydrogens is 288 g/mol. The first-order valence-electron chi connectivity index (χ1n) is 6.46. The summed E-state index contributed by atoms with van der Waals surface area (Å²) in [7, 11) is 0. The highest BCUT2D eigenvalue weighted by atomic mass is 32.1. The quantitative estimate of drug-likeness (QED) is 0.921. The average molecular weight is 304 g/mol. The van der Waals surface area contributed by atoms with Gasteiger partial charge in [0.25, 0.3) is 5.91 Å². The van der Waals surface area contributed by atoms with E-state index in [1.54, 1.807) is 6.92 Å². The lowest BCUT2D eigenvalue weighted by atomic mass is 10.2. The van der Waals surface area contributed by atoms with Gasteiger partial charge in [0.05, 0.1) is 10.7 Å². The van der Waals surface area contributed by atoms with E-state index >= 15 is 0 Å². The molecule has 0 radical (unpaired) electrons. The number of aryl methyl sites for hydroxylation is 2. The summed E-state index contributed by atoms with van der Waals surface area (Å²) in [6.07, 6.45) is 0. The third kappa shape index (κ3) is 3.88. The van der Waals surface area contributed by atoms with Gasteiger partial charge in [0.2, 0.25) is 0 Å². The molecule has 21 heavy (non-hydrogen) atoms. The van der Waals surface area contributed by atoms with Gasteiger partial charge in [-0.05, 0) is 19.4 Å². The van der Waals surface area contributed by atoms with Gasteiger partial charge in [-0.1, -0.05) is 30.3 Å². The van der Waals surface area contributed by atoms with Crippen LogP contribution in [0.15, 0.2) is 30.3 Å². The highest BCUT2D eigenvalue weighted by Gasteiger charge is 2.22. The molecule has 1 N–H and O–H groups in total. The molecule has 0 bridgehead atoms. The molecule has 0 fully saturated rings. The van der Waals surface area contributed by atoms with Crippen LogP contribution in [0.3, 0.4) is 0 Å². The third-order valence-corrected chi connectivity index (χ3v) is 3.99. The summed E-state index contributed by atoms with van der Waals surface area (Å²) < 4.78 is 0. The lowest BCUT2D eigenvalue weighted by molar-refractivity contribution is -0.137. The fourth-order valence-corrected chi connectivity index (χ4v) is 2.93. The number of benzene rings is 1. The Bertz CT molecular complexity index is 652. The molecule has 2 aromatic rings. The van der Waals surface area contributed by atoms with Gasteiger partial charge < -0.3 is 10.0 Å². The van der Waals surface area contributed by atoms with E-state index in [1.807, 2.05) is 37.3 Å². The van der Waals surface area contributed by atoms with E-state index in [9.17, 15) is 9.59 Å². The van der Waals surface area contributed by atoms with Gasteiger partial charge in [-0.3, -0.25) is 9.59 Å². The Kier molecular flexibility index (Phi) is 4.70. The van der Waals surface area contributed by atoms with Crippen molar-refractivity contribution in [2.75, 3.05) is 6.54 Å². The molecule has 0 aliphatic rings. The number of amides is 1. The van der Waals surface area contributed by atoms with Crippen LogP contribution in [0.2, 0.25) is 0 Å². The molecule has 5 nitrogen and oxygen atoms in total. The van der Waals surface area contributed by atoms with Crippen molar-refractivity contribution in [2.45, 2.75) is 20.4 Å². The molecule has 1 aromatic heterocycles. The van der Waals surface area contributed by atoms with Gasteiger partial charge in [0.1, 0.15) is 11.4 Å². The molecule has 0 unspecified atom stereocenters. The minimum absolute atomic E-state index is 0.266. The lowest BCUT2D eigenvalue weighted by Crippen LogP contribution is -2.35. The first kappa shape index (κ1) is 15.2. The molecule has 0 saturated heterocycles. The van der Waals surface area contributed by atoms with E-state index in [0.717, 1.165) is 10.6 Å². The SMILES string of the molecule is Cc1nc(C)c(C(=O)N(CC(=O)O)Cc2ccccc2)s1. The molecule has 0 spiro atoms. The number of carbonyl (C=O) groups excluding carboxylic acids is 1. The maximum absolute atomic E-state index is 12.6. The van der Waals surface area contributed by atoms with Gasteiger partial charge in [-0.15, -0.1) is 11.3 Å². The molecule has 110 valence electrons. The maximum Gasteiger partial charge on any atom is 0.323 e. The number of carboxylic acid groups (broad SMARTS) is 1. The second-order valence-electron chi connectivity index (χ2n) is 4.69. The Balaban J connectivity index is 2.25. The van der Waals surface area contributed by atoms with Crippen molar-refractivity contribution in [3.05, 3.63) is 51.5 Å². The Morgan fingerprint density at radius 2 is 1.90 bits per heavy atom. The number of thiazole rings is 1. The zero-order chi connectivity index (χ0) is 15.4. The summed E-state index contributed by atoms with van der Waals surface area (Å²) in [5.41, 5.74) is 1.54. The standard InChI is InChI=1S/C15H16N2O3S/c1-10-14(21-11(2)16-10)15(20)17(9-13(18)19)8-12-6-4-3-5-7-12/h3-7H,8-9H2,1-2H3,(H,18,19). The average Bonchev–Trinajstić information content (AvgIpc) is 2.77. The summed E-state index contributed by atoms with van der Waals surface area (Å²) >= 11 is 1.29. The molecule has 2 rings (SSSR count). The van der Waals surface area contributed by atoms with Crippen LogP contribution < -0.4 is 0 Å². The number of hydrogen-bond acceptors (Lipinski definition) is 4. The number of carbonyl (C=O) groups is 2. The van der Waals surface area contributed by atoms with Crippen molar-refractivity contribution in [1.29, 1.82) is 0 Å². The first-order valence-corrected chi connectivity index (χ1v) is 7.28. The van der Waals surface area contributed by atoms with Crippen molar-refractivity contribution in [3.63, 3.8) is 0 Å². The molecule has 1 heterocycles. The summed E-state index contributed by atoms with van der Waals surface area (Å²) in [6, 6.07) is 9.34. The van der Waals surface area contributed by atoms with Gasteiger partial charge in [-0.2, -0.15) is 0 Å². The van der Waals surface area contributed by atoms with Crippen LogP contribution in [0.5, 0.6) is 0 Å². The monoisotopic (exact) mass is 304 g/mol. The Morgan fingerprint density at radius 3 is 2.43 bits per heavy atom. The molecule has 0 saturated carbocycles. The minimum atomic E-state index is -1.03. The fraction of sp³-hybridized carbons (Fsp3) is 0.267. The molecule has 1 aromatic carbocycles. The van der Waals surface area contributed by atoms with E-state index in [2.05, 4.69) is 4.98 Å². The first-order chi connectivity index (χ1) is 9.97. The van der Waals surface area contributed by atoms with Gasteiger partial charge in [-0.25, -0.2) is 4.98 Å². The maximum atomic E-state index is 12.6. The number of hydrogen-bond donors (Lipinski definition) is 1. The summed E-state index contributed by atoms with van der Waals surface area (Å²) in [4.78, 5) is 29.6. The van der Waals surface area contributed by atoms with Gasteiger partial charge in [0.15, 0.2) is 0 Å². The van der Waals surface area contributed by atoms with E-state index in [-0.39, 0.29) is 19.0 Å². The highest BCUT2D eigenvalue weighted by Crippen LogP contribution is 2.20. The number of aliphatic carboxylic acids is 1. The molecule has 0 aliphatic carbocycles. The Labute approximate surface area is 126 Å². The van der Waals surface area contributed by atoms with E-state index in [0.29, 0.717) is 10.6 Å². The van der Waals surface area contributed by atoms with Crippen molar-refractivity contribution >= 4 is 23.2 Å². The summed E-state index contributed by atoms with van der Waals surface area (Å²) in [5.74, 6) is -1.32. The second kappa shape index (κ2) is 6.49. The molecular formula is C15H16N2O3S. The topological polar surface area (TPSA) is 70.5 Å². The fourth-order valence-electron chi connectivity index (χ4n) is 2.04. The predicted octanol–water partition coefficient (Wildman–Crippen LogP) is 2.49. The van der Waals surface area contributed by atoms with Gasteiger partial charge >= 0.3 is 5.97 Å². The van der Waals surface area contributed by atoms with E-state index in [1.165, 1.54) is 16.2 Å². The van der Waals surface area contributed by atoms with Gasteiger partial charge in [0, 0.05) is 6.54 Å². The molecule has 0 atom stereocenters. The number of nitrogens with zero attached hydrogens (tertiary/aromatic N) is 2. The Morgan fingerprint density at radius 1 is 1.24 bits per heavy atom. The molecule has 0 aliphatic heterocycles. The normalized spacial score (nSPS) is 10.4. The van der Waals surface area contributed by atoms with Crippen LogP contribution >= 0.6 is 11.3 Å². The van der Waals surface area contributed by atoms with E-state index < -0.39 is 5.97 Å². The predicted molar refractivity (Wildman–Crippen MR) is 80.4 cm³/mol. The summed E-state index contributed by atoms with van der Waals surface area (Å²) in [5, 5.41) is 9.82. The van der Waals surface area contributed by atoms with Crippen molar-refractivity contribution < 1.29 is 14.7 Å². The van der Waals surface area contributed by atoms with E-state index in [4.69, 9.17) is 5.11 Å². The number of aromatic nitrogens is 1. The van der Waals surface area contributed by atoms with Crippen LogP contribution in [-0.2, 0) is 11.3 Å². The molecule has 1 amide bonds. The number of carboxylic acids is 1. The number of rotatable bonds is 5. The van der Waals surface area contributed by atoms with Crippen molar-refractivity contribution in [3.8, 4) is 0 Å². The van der Waals surface area contributed by atoms with Crippen molar-refractivity contribution in [2.24, 2.45) is 0 Å². The van der Waals surface area contributed by atoms with Crippen LogP contribution in [0.1, 0.15) is 25.9 Å². The van der Waals surface area contributed by atoms with Crippen LogP contribution in [0.4, 0.5) is 0 Å².